The van der Waals surface area contributed by atoms with Gasteiger partial charge in [-0.15, -0.1) is 24.0 Å². The Morgan fingerprint density at radius 1 is 1.11 bits per heavy atom. The van der Waals surface area contributed by atoms with Gasteiger partial charge in [-0.3, -0.25) is 9.89 Å². The number of nitrogens with zero attached hydrogens (tertiary/aromatic N) is 3. The predicted molar refractivity (Wildman–Crippen MR) is 121 cm³/mol. The molecule has 1 aromatic rings. The minimum Gasteiger partial charge on any atom is -0.380 e. The van der Waals surface area contributed by atoms with E-state index in [1.165, 1.54) is 12.1 Å². The van der Waals surface area contributed by atoms with Crippen molar-refractivity contribution in [1.82, 2.24) is 15.5 Å². The lowest BCUT2D eigenvalue weighted by atomic mass is 10.2. The summed E-state index contributed by atoms with van der Waals surface area (Å²) in [6.45, 7) is 12.7. The summed E-state index contributed by atoms with van der Waals surface area (Å²) in [5.41, 5.74) is 1.09. The van der Waals surface area contributed by atoms with Crippen LogP contribution in [0.25, 0.3) is 0 Å². The summed E-state index contributed by atoms with van der Waals surface area (Å²) in [5, 5.41) is 6.54. The molecule has 0 aromatic heterocycles. The van der Waals surface area contributed by atoms with Crippen LogP contribution in [0.4, 0.5) is 10.1 Å². The number of piperazine rings is 1. The van der Waals surface area contributed by atoms with Gasteiger partial charge >= 0.3 is 0 Å². The van der Waals surface area contributed by atoms with Gasteiger partial charge in [0.05, 0.1) is 13.2 Å². The van der Waals surface area contributed by atoms with Crippen molar-refractivity contribution in [2.45, 2.75) is 13.8 Å². The first kappa shape index (κ1) is 23.9. The fourth-order valence-electron chi connectivity index (χ4n) is 2.91. The van der Waals surface area contributed by atoms with E-state index in [0.29, 0.717) is 6.61 Å². The number of guanidine groups is 1. The zero-order valence-corrected chi connectivity index (χ0v) is 18.7. The SMILES string of the molecule is CCNC(=NCCN1CCN(c2ccc(F)cc2)CC1)NCCOCC.I. The maximum Gasteiger partial charge on any atom is 0.191 e. The number of hydrogen-bond donors (Lipinski definition) is 2. The number of halogens is 2. The van der Waals surface area contributed by atoms with Gasteiger partial charge in [-0.25, -0.2) is 4.39 Å². The molecular formula is C19H33FIN5O. The molecule has 1 fully saturated rings. The number of hydrogen-bond acceptors (Lipinski definition) is 4. The van der Waals surface area contributed by atoms with Crippen LogP contribution in [0.15, 0.2) is 29.3 Å². The number of rotatable bonds is 9. The van der Waals surface area contributed by atoms with Crippen LogP contribution in [0.1, 0.15) is 13.8 Å². The number of nitrogens with one attached hydrogen (secondary N) is 2. The smallest absolute Gasteiger partial charge is 0.191 e. The Kier molecular flexibility index (Phi) is 12.4. The molecule has 0 radical (unpaired) electrons. The van der Waals surface area contributed by atoms with E-state index in [1.807, 2.05) is 19.1 Å². The normalized spacial score (nSPS) is 15.4. The Morgan fingerprint density at radius 3 is 2.44 bits per heavy atom. The lowest BCUT2D eigenvalue weighted by Crippen LogP contribution is -2.47. The minimum absolute atomic E-state index is 0. The van der Waals surface area contributed by atoms with Crippen LogP contribution in [-0.2, 0) is 4.74 Å². The molecular weight excluding hydrogens is 460 g/mol. The summed E-state index contributed by atoms with van der Waals surface area (Å²) < 4.78 is 18.4. The van der Waals surface area contributed by atoms with Gasteiger partial charge < -0.3 is 20.3 Å². The third-order valence-electron chi connectivity index (χ3n) is 4.34. The highest BCUT2D eigenvalue weighted by Gasteiger charge is 2.16. The first-order valence-corrected chi connectivity index (χ1v) is 9.55. The van der Waals surface area contributed by atoms with Gasteiger partial charge in [-0.1, -0.05) is 0 Å². The molecule has 1 saturated heterocycles. The van der Waals surface area contributed by atoms with Gasteiger partial charge in [0.25, 0.3) is 0 Å². The average Bonchev–Trinajstić information content (AvgIpc) is 2.66. The Balaban J connectivity index is 0.00000364. The molecule has 1 aromatic carbocycles. The van der Waals surface area contributed by atoms with Crippen molar-refractivity contribution < 1.29 is 9.13 Å². The Morgan fingerprint density at radius 2 is 1.81 bits per heavy atom. The van der Waals surface area contributed by atoms with Crippen molar-refractivity contribution in [1.29, 1.82) is 0 Å². The highest BCUT2D eigenvalue weighted by Crippen LogP contribution is 2.16. The quantitative estimate of drug-likeness (QED) is 0.239. The van der Waals surface area contributed by atoms with Crippen molar-refractivity contribution in [3.05, 3.63) is 30.1 Å². The highest BCUT2D eigenvalue weighted by atomic mass is 127. The third kappa shape index (κ3) is 9.07. The standard InChI is InChI=1S/C19H32FN5O.HI/c1-3-21-19(23-10-16-26-4-2)22-9-11-24-12-14-25(15-13-24)18-7-5-17(20)6-8-18;/h5-8H,3-4,9-16H2,1-2H3,(H2,21,22,23);1H. The summed E-state index contributed by atoms with van der Waals surface area (Å²) in [7, 11) is 0. The van der Waals surface area contributed by atoms with Crippen LogP contribution in [0.5, 0.6) is 0 Å². The predicted octanol–water partition coefficient (Wildman–Crippen LogP) is 2.16. The number of aliphatic imine (C=N–C) groups is 1. The summed E-state index contributed by atoms with van der Waals surface area (Å²) in [6.07, 6.45) is 0. The van der Waals surface area contributed by atoms with Crippen LogP contribution in [0.3, 0.4) is 0 Å². The molecule has 154 valence electrons. The molecule has 0 spiro atoms. The fraction of sp³-hybridized carbons (Fsp3) is 0.632. The van der Waals surface area contributed by atoms with E-state index in [4.69, 9.17) is 4.74 Å². The van der Waals surface area contributed by atoms with E-state index >= 15 is 0 Å². The van der Waals surface area contributed by atoms with Crippen LogP contribution >= 0.6 is 24.0 Å². The largest absolute Gasteiger partial charge is 0.380 e. The maximum atomic E-state index is 13.0. The highest BCUT2D eigenvalue weighted by molar-refractivity contribution is 14.0. The summed E-state index contributed by atoms with van der Waals surface area (Å²) in [6, 6.07) is 6.76. The van der Waals surface area contributed by atoms with Gasteiger partial charge in [-0.05, 0) is 38.1 Å². The molecule has 8 heteroatoms. The second-order valence-electron chi connectivity index (χ2n) is 6.19. The van der Waals surface area contributed by atoms with E-state index in [1.54, 1.807) is 0 Å². The van der Waals surface area contributed by atoms with Gasteiger partial charge in [0.2, 0.25) is 0 Å². The molecule has 2 rings (SSSR count). The van der Waals surface area contributed by atoms with Crippen molar-refractivity contribution in [2.24, 2.45) is 4.99 Å². The monoisotopic (exact) mass is 493 g/mol. The van der Waals surface area contributed by atoms with Gasteiger partial charge in [0.15, 0.2) is 5.96 Å². The van der Waals surface area contributed by atoms with E-state index in [0.717, 1.165) is 70.6 Å². The molecule has 6 nitrogen and oxygen atoms in total. The molecule has 0 atom stereocenters. The topological polar surface area (TPSA) is 52.1 Å². The first-order chi connectivity index (χ1) is 12.7. The van der Waals surface area contributed by atoms with Crippen molar-refractivity contribution in [3.63, 3.8) is 0 Å². The lowest BCUT2D eigenvalue weighted by molar-refractivity contribution is 0.152. The fourth-order valence-corrected chi connectivity index (χ4v) is 2.91. The Bertz CT molecular complexity index is 535. The van der Waals surface area contributed by atoms with Crippen molar-refractivity contribution >= 4 is 35.6 Å². The first-order valence-electron chi connectivity index (χ1n) is 9.55. The Hall–Kier alpha value is -1.13. The second-order valence-corrected chi connectivity index (χ2v) is 6.19. The zero-order chi connectivity index (χ0) is 18.6. The third-order valence-corrected chi connectivity index (χ3v) is 4.34. The zero-order valence-electron chi connectivity index (χ0n) is 16.4. The molecule has 1 heterocycles. The molecule has 1 aliphatic rings. The molecule has 1 aliphatic heterocycles. The van der Waals surface area contributed by atoms with Crippen molar-refractivity contribution in [3.8, 4) is 0 Å². The number of ether oxygens (including phenoxy) is 1. The lowest BCUT2D eigenvalue weighted by Gasteiger charge is -2.35. The minimum atomic E-state index is -0.184. The number of anilines is 1. The Labute approximate surface area is 179 Å². The van der Waals surface area contributed by atoms with E-state index in [9.17, 15) is 4.39 Å². The molecule has 0 aliphatic carbocycles. The summed E-state index contributed by atoms with van der Waals surface area (Å²) in [4.78, 5) is 9.36. The molecule has 0 saturated carbocycles. The summed E-state index contributed by atoms with van der Waals surface area (Å²) in [5.74, 6) is 0.661. The second kappa shape index (κ2) is 14.0. The molecule has 0 unspecified atom stereocenters. The van der Waals surface area contributed by atoms with Gasteiger partial charge in [0.1, 0.15) is 5.82 Å². The van der Waals surface area contributed by atoms with E-state index in [-0.39, 0.29) is 29.8 Å². The van der Waals surface area contributed by atoms with Gasteiger partial charge in [0, 0.05) is 58.1 Å². The molecule has 0 amide bonds. The van der Waals surface area contributed by atoms with Crippen LogP contribution in [-0.4, -0.2) is 76.4 Å². The molecule has 0 bridgehead atoms. The maximum absolute atomic E-state index is 13.0. The van der Waals surface area contributed by atoms with E-state index < -0.39 is 0 Å². The van der Waals surface area contributed by atoms with Crippen LogP contribution < -0.4 is 15.5 Å². The van der Waals surface area contributed by atoms with E-state index in [2.05, 4.69) is 32.3 Å². The van der Waals surface area contributed by atoms with Crippen molar-refractivity contribution in [2.75, 3.05) is 70.5 Å². The molecule has 27 heavy (non-hydrogen) atoms. The average molecular weight is 493 g/mol. The van der Waals surface area contributed by atoms with Crippen LogP contribution in [0, 0.1) is 5.82 Å². The number of benzene rings is 1. The van der Waals surface area contributed by atoms with Crippen LogP contribution in [0.2, 0.25) is 0 Å². The van der Waals surface area contributed by atoms with Gasteiger partial charge in [-0.2, -0.15) is 0 Å². The summed E-state index contributed by atoms with van der Waals surface area (Å²) >= 11 is 0. The molecule has 2 N–H and O–H groups in total.